The lowest BCUT2D eigenvalue weighted by Gasteiger charge is -2.35. The molecule has 5 amide bonds. The topological polar surface area (TPSA) is 99.7 Å². The van der Waals surface area contributed by atoms with Crippen molar-refractivity contribution in [3.63, 3.8) is 0 Å². The number of halogens is 1. The third kappa shape index (κ3) is 3.72. The molecule has 3 aliphatic heterocycles. The number of fused-ring (bicyclic) bond motifs is 2. The maximum Gasteiger partial charge on any atom is 0.439 e. The molecule has 2 aromatic carbocycles. The zero-order valence-corrected chi connectivity index (χ0v) is 18.1. The summed E-state index contributed by atoms with van der Waals surface area (Å²) in [6.07, 6.45) is -0.860. The van der Waals surface area contributed by atoms with E-state index in [1.807, 2.05) is 0 Å². The number of ether oxygens (including phenoxy) is 1. The highest BCUT2D eigenvalue weighted by atomic mass is 35.5. The highest BCUT2D eigenvalue weighted by Crippen LogP contribution is 2.32. The van der Waals surface area contributed by atoms with Crippen LogP contribution < -0.4 is 9.64 Å². The first-order valence-corrected chi connectivity index (χ1v) is 10.7. The Morgan fingerprint density at radius 1 is 1.00 bits per heavy atom. The number of anilines is 1. The molecule has 0 bridgehead atoms. The molecule has 3 aliphatic rings. The Kier molecular flexibility index (Phi) is 5.29. The third-order valence-corrected chi connectivity index (χ3v) is 6.03. The largest absolute Gasteiger partial charge is 0.490 e. The van der Waals surface area contributed by atoms with Crippen molar-refractivity contribution in [2.45, 2.75) is 6.04 Å². The van der Waals surface area contributed by atoms with Crippen LogP contribution in [0.15, 0.2) is 48.5 Å². The van der Waals surface area contributed by atoms with Crippen molar-refractivity contribution in [2.75, 3.05) is 37.7 Å². The number of hydrogen-bond donors (Lipinski definition) is 0. The number of carbonyl (C=O) groups excluding carboxylic acids is 4. The van der Waals surface area contributed by atoms with Crippen LogP contribution >= 0.6 is 11.6 Å². The van der Waals surface area contributed by atoms with Crippen molar-refractivity contribution in [1.29, 1.82) is 0 Å². The van der Waals surface area contributed by atoms with E-state index in [-0.39, 0.29) is 38.7 Å². The Balaban J connectivity index is 1.29. The summed E-state index contributed by atoms with van der Waals surface area (Å²) >= 11 is 5.88. The number of hydroxylamine groups is 2. The Hall–Kier alpha value is -3.79. The summed E-state index contributed by atoms with van der Waals surface area (Å²) in [5, 5.41) is 0.995. The molecular formula is C22H19ClN4O6. The predicted octanol–water partition coefficient (Wildman–Crippen LogP) is 2.38. The number of nitrogens with zero attached hydrogens (tertiary/aromatic N) is 4. The number of rotatable bonds is 2. The maximum atomic E-state index is 13.0. The quantitative estimate of drug-likeness (QED) is 0.625. The smallest absolute Gasteiger partial charge is 0.439 e. The number of imide groups is 1. The minimum atomic E-state index is -0.924. The zero-order valence-electron chi connectivity index (χ0n) is 17.3. The standard InChI is InChI=1S/C22H19ClN4O6/c23-15-7-5-14(6-8-15)19(28)24-9-10-25-17(13-24)20(29)27(21(25)30)33-22(31)26-11-12-32-18-4-2-1-3-16(18)26/h1-8,17H,9-13H2. The molecule has 33 heavy (non-hydrogen) atoms. The molecule has 0 aliphatic carbocycles. The minimum absolute atomic E-state index is 0.000468. The molecular weight excluding hydrogens is 452 g/mol. The fourth-order valence-electron chi connectivity index (χ4n) is 4.10. The molecule has 2 saturated heterocycles. The van der Waals surface area contributed by atoms with Gasteiger partial charge in [-0.25, -0.2) is 9.59 Å². The van der Waals surface area contributed by atoms with Gasteiger partial charge in [0.25, 0.3) is 11.8 Å². The van der Waals surface area contributed by atoms with Gasteiger partial charge in [-0.1, -0.05) is 28.8 Å². The molecule has 5 rings (SSSR count). The van der Waals surface area contributed by atoms with E-state index in [9.17, 15) is 19.2 Å². The lowest BCUT2D eigenvalue weighted by atomic mass is 10.1. The summed E-state index contributed by atoms with van der Waals surface area (Å²) < 4.78 is 5.52. The first kappa shape index (κ1) is 21.1. The van der Waals surface area contributed by atoms with Crippen LogP contribution in [-0.4, -0.2) is 77.6 Å². The van der Waals surface area contributed by atoms with Gasteiger partial charge in [0, 0.05) is 23.7 Å². The summed E-state index contributed by atoms with van der Waals surface area (Å²) in [4.78, 5) is 60.7. The summed E-state index contributed by atoms with van der Waals surface area (Å²) in [5.41, 5.74) is 0.921. The Labute approximate surface area is 193 Å². The van der Waals surface area contributed by atoms with Gasteiger partial charge >= 0.3 is 12.1 Å². The second-order valence-corrected chi connectivity index (χ2v) is 8.14. The summed E-state index contributed by atoms with van der Waals surface area (Å²) in [6.45, 7) is 0.853. The third-order valence-electron chi connectivity index (χ3n) is 5.78. The van der Waals surface area contributed by atoms with Crippen LogP contribution in [0.2, 0.25) is 5.02 Å². The van der Waals surface area contributed by atoms with Crippen molar-refractivity contribution in [1.82, 2.24) is 14.9 Å². The molecule has 0 aromatic heterocycles. The molecule has 170 valence electrons. The maximum absolute atomic E-state index is 13.0. The highest BCUT2D eigenvalue weighted by molar-refractivity contribution is 6.30. The molecule has 11 heteroatoms. The average molecular weight is 471 g/mol. The number of carbonyl (C=O) groups is 4. The molecule has 2 fully saturated rings. The van der Waals surface area contributed by atoms with E-state index in [0.717, 1.165) is 0 Å². The second kappa shape index (κ2) is 8.28. The summed E-state index contributed by atoms with van der Waals surface area (Å²) in [5.74, 6) is -0.455. The van der Waals surface area contributed by atoms with Gasteiger partial charge in [-0.3, -0.25) is 14.5 Å². The monoisotopic (exact) mass is 470 g/mol. The number of benzene rings is 2. The van der Waals surface area contributed by atoms with E-state index >= 15 is 0 Å². The molecule has 3 heterocycles. The number of piperazine rings is 1. The van der Waals surface area contributed by atoms with Crippen molar-refractivity contribution in [2.24, 2.45) is 0 Å². The minimum Gasteiger partial charge on any atom is -0.490 e. The first-order valence-electron chi connectivity index (χ1n) is 10.3. The van der Waals surface area contributed by atoms with Gasteiger partial charge in [0.15, 0.2) is 0 Å². The zero-order chi connectivity index (χ0) is 23.1. The van der Waals surface area contributed by atoms with Crippen LogP contribution in [0, 0.1) is 0 Å². The van der Waals surface area contributed by atoms with Gasteiger partial charge in [0.1, 0.15) is 18.4 Å². The van der Waals surface area contributed by atoms with Crippen LogP contribution in [0.25, 0.3) is 0 Å². The number of amides is 5. The van der Waals surface area contributed by atoms with Crippen LogP contribution in [0.3, 0.4) is 0 Å². The van der Waals surface area contributed by atoms with E-state index in [1.165, 1.54) is 14.7 Å². The number of hydrogen-bond acceptors (Lipinski definition) is 6. The van der Waals surface area contributed by atoms with E-state index in [0.29, 0.717) is 27.1 Å². The molecule has 1 unspecified atom stereocenters. The number of urea groups is 1. The lowest BCUT2D eigenvalue weighted by molar-refractivity contribution is -0.149. The Morgan fingerprint density at radius 2 is 1.76 bits per heavy atom. The van der Waals surface area contributed by atoms with Crippen molar-refractivity contribution >= 4 is 41.2 Å². The SMILES string of the molecule is O=C(c1ccc(Cl)cc1)N1CCN2C(=O)N(OC(=O)N3CCOc4ccccc43)C(=O)C2C1. The van der Waals surface area contributed by atoms with E-state index in [1.54, 1.807) is 48.5 Å². The van der Waals surface area contributed by atoms with Gasteiger partial charge in [-0.2, -0.15) is 0 Å². The van der Waals surface area contributed by atoms with Crippen molar-refractivity contribution in [3.05, 3.63) is 59.1 Å². The molecule has 10 nitrogen and oxygen atoms in total. The van der Waals surface area contributed by atoms with E-state index in [2.05, 4.69) is 0 Å². The van der Waals surface area contributed by atoms with Gasteiger partial charge < -0.3 is 19.4 Å². The van der Waals surface area contributed by atoms with Crippen molar-refractivity contribution in [3.8, 4) is 5.75 Å². The lowest BCUT2D eigenvalue weighted by Crippen LogP contribution is -2.54. The van der Waals surface area contributed by atoms with Crippen LogP contribution in [0.5, 0.6) is 5.75 Å². The van der Waals surface area contributed by atoms with Gasteiger partial charge in [-0.15, -0.1) is 0 Å². The van der Waals surface area contributed by atoms with Crippen LogP contribution in [-0.2, 0) is 9.63 Å². The van der Waals surface area contributed by atoms with Crippen LogP contribution in [0.1, 0.15) is 10.4 Å². The molecule has 0 saturated carbocycles. The highest BCUT2D eigenvalue weighted by Gasteiger charge is 2.51. The fraction of sp³-hybridized carbons (Fsp3) is 0.273. The Morgan fingerprint density at radius 3 is 2.55 bits per heavy atom. The van der Waals surface area contributed by atoms with Gasteiger partial charge in [0.05, 0.1) is 18.8 Å². The summed E-state index contributed by atoms with van der Waals surface area (Å²) in [7, 11) is 0. The normalized spacial score (nSPS) is 19.7. The summed E-state index contributed by atoms with van der Waals surface area (Å²) in [6, 6.07) is 11.7. The average Bonchev–Trinajstić information content (AvgIpc) is 3.08. The molecule has 0 N–H and O–H groups in total. The van der Waals surface area contributed by atoms with Gasteiger partial charge in [0.2, 0.25) is 0 Å². The first-order chi connectivity index (χ1) is 15.9. The van der Waals surface area contributed by atoms with Gasteiger partial charge in [-0.05, 0) is 36.4 Å². The van der Waals surface area contributed by atoms with Crippen LogP contribution in [0.4, 0.5) is 15.3 Å². The van der Waals surface area contributed by atoms with E-state index in [4.69, 9.17) is 21.2 Å². The molecule has 1 atom stereocenters. The molecule has 0 radical (unpaired) electrons. The number of para-hydroxylation sites is 2. The molecule has 2 aromatic rings. The van der Waals surface area contributed by atoms with Crippen molar-refractivity contribution < 1.29 is 28.8 Å². The second-order valence-electron chi connectivity index (χ2n) is 7.71. The van der Waals surface area contributed by atoms with E-state index < -0.39 is 24.1 Å². The molecule has 0 spiro atoms. The predicted molar refractivity (Wildman–Crippen MR) is 116 cm³/mol. The fourth-order valence-corrected chi connectivity index (χ4v) is 4.23. The Bertz CT molecular complexity index is 1140.